The molecule has 0 atom stereocenters. The number of hydrogen-bond acceptors (Lipinski definition) is 6. The Morgan fingerprint density at radius 2 is 1.75 bits per heavy atom. The van der Waals surface area contributed by atoms with Crippen molar-refractivity contribution in [1.29, 1.82) is 0 Å². The molecular weight excluding hydrogens is 384 g/mol. The van der Waals surface area contributed by atoms with Crippen molar-refractivity contribution in [2.75, 3.05) is 39.0 Å². The molecule has 0 unspecified atom stereocenters. The zero-order valence-corrected chi connectivity index (χ0v) is 16.8. The van der Waals surface area contributed by atoms with E-state index in [1.54, 1.807) is 43.2 Å². The number of hydrogen-bond donors (Lipinski definition) is 0. The number of ether oxygens (including phenoxy) is 2. The Kier molecular flexibility index (Phi) is 6.25. The molecule has 1 amide bonds. The zero-order chi connectivity index (χ0) is 20.1. The Bertz CT molecular complexity index is 916. The van der Waals surface area contributed by atoms with Crippen LogP contribution in [0.2, 0.25) is 0 Å². The summed E-state index contributed by atoms with van der Waals surface area (Å²) in [4.78, 5) is 14.2. The van der Waals surface area contributed by atoms with Gasteiger partial charge in [0.2, 0.25) is 10.0 Å². The molecule has 9 heteroatoms. The molecule has 3 rings (SSSR count). The molecule has 8 nitrogen and oxygen atoms in total. The van der Waals surface area contributed by atoms with Crippen molar-refractivity contribution >= 4 is 15.9 Å². The number of carbonyl (C=O) groups is 1. The molecule has 2 heterocycles. The van der Waals surface area contributed by atoms with Gasteiger partial charge in [-0.15, -0.1) is 0 Å². The molecule has 0 radical (unpaired) electrons. The van der Waals surface area contributed by atoms with E-state index < -0.39 is 10.0 Å². The average Bonchev–Trinajstić information content (AvgIpc) is 3.21. The third kappa shape index (κ3) is 4.48. The van der Waals surface area contributed by atoms with Crippen LogP contribution in [0.5, 0.6) is 11.5 Å². The van der Waals surface area contributed by atoms with Crippen LogP contribution in [-0.2, 0) is 16.6 Å². The first-order chi connectivity index (χ1) is 13.4. The molecule has 1 fully saturated rings. The average molecular weight is 408 g/mol. The van der Waals surface area contributed by atoms with Crippen molar-refractivity contribution in [3.63, 3.8) is 0 Å². The fourth-order valence-corrected chi connectivity index (χ4v) is 4.05. The number of carbonyl (C=O) groups excluding carboxylic acids is 1. The lowest BCUT2D eigenvalue weighted by molar-refractivity contribution is 0.0662. The van der Waals surface area contributed by atoms with Crippen LogP contribution in [0.4, 0.5) is 0 Å². The van der Waals surface area contributed by atoms with Crippen LogP contribution in [0.25, 0.3) is 0 Å². The van der Waals surface area contributed by atoms with Gasteiger partial charge in [0.1, 0.15) is 12.4 Å². The Morgan fingerprint density at radius 1 is 1.07 bits per heavy atom. The SMILES string of the molecule is CCS(=O)(=O)N1CCN(C(=O)c2ccc(COc3ccccc3OC)o2)CC1. The highest BCUT2D eigenvalue weighted by atomic mass is 32.2. The second-order valence-electron chi connectivity index (χ2n) is 6.30. The van der Waals surface area contributed by atoms with Crippen molar-refractivity contribution < 1.29 is 27.1 Å². The number of sulfonamides is 1. The summed E-state index contributed by atoms with van der Waals surface area (Å²) < 4.78 is 41.8. The summed E-state index contributed by atoms with van der Waals surface area (Å²) in [5, 5.41) is 0. The van der Waals surface area contributed by atoms with Crippen molar-refractivity contribution in [2.24, 2.45) is 0 Å². The molecule has 1 aromatic heterocycles. The summed E-state index contributed by atoms with van der Waals surface area (Å²) in [6.45, 7) is 3.05. The van der Waals surface area contributed by atoms with E-state index in [9.17, 15) is 13.2 Å². The van der Waals surface area contributed by atoms with E-state index in [1.807, 2.05) is 12.1 Å². The largest absolute Gasteiger partial charge is 0.493 e. The molecular formula is C19H24N2O6S. The van der Waals surface area contributed by atoms with E-state index in [2.05, 4.69) is 0 Å². The van der Waals surface area contributed by atoms with Crippen LogP contribution < -0.4 is 9.47 Å². The van der Waals surface area contributed by atoms with Crippen molar-refractivity contribution in [1.82, 2.24) is 9.21 Å². The molecule has 0 aliphatic carbocycles. The molecule has 0 bridgehead atoms. The normalized spacial score (nSPS) is 15.4. The van der Waals surface area contributed by atoms with Crippen LogP contribution in [0.3, 0.4) is 0 Å². The molecule has 1 aromatic carbocycles. The first kappa shape index (κ1) is 20.2. The predicted octanol–water partition coefficient (Wildman–Crippen LogP) is 1.97. The van der Waals surface area contributed by atoms with E-state index in [1.165, 1.54) is 4.31 Å². The summed E-state index contributed by atoms with van der Waals surface area (Å²) >= 11 is 0. The van der Waals surface area contributed by atoms with Crippen LogP contribution in [0.1, 0.15) is 23.2 Å². The molecule has 0 saturated carbocycles. The smallest absolute Gasteiger partial charge is 0.289 e. The van der Waals surface area contributed by atoms with Crippen molar-refractivity contribution in [3.05, 3.63) is 47.9 Å². The van der Waals surface area contributed by atoms with Gasteiger partial charge < -0.3 is 18.8 Å². The van der Waals surface area contributed by atoms with Gasteiger partial charge >= 0.3 is 0 Å². The van der Waals surface area contributed by atoms with E-state index in [-0.39, 0.29) is 24.0 Å². The summed E-state index contributed by atoms with van der Waals surface area (Å²) in [6, 6.07) is 10.6. The number of para-hydroxylation sites is 2. The Balaban J connectivity index is 1.57. The number of rotatable bonds is 7. The van der Waals surface area contributed by atoms with Gasteiger partial charge in [0.15, 0.2) is 17.3 Å². The molecule has 0 spiro atoms. The van der Waals surface area contributed by atoms with Gasteiger partial charge in [0.05, 0.1) is 12.9 Å². The maximum absolute atomic E-state index is 12.6. The molecule has 152 valence electrons. The van der Waals surface area contributed by atoms with Gasteiger partial charge in [-0.3, -0.25) is 4.79 Å². The van der Waals surface area contributed by atoms with Gasteiger partial charge in [-0.25, -0.2) is 8.42 Å². The summed E-state index contributed by atoms with van der Waals surface area (Å²) in [7, 11) is -1.66. The third-order valence-electron chi connectivity index (χ3n) is 4.60. The van der Waals surface area contributed by atoms with Gasteiger partial charge in [0.25, 0.3) is 5.91 Å². The number of nitrogens with zero attached hydrogens (tertiary/aromatic N) is 2. The van der Waals surface area contributed by atoms with E-state index in [4.69, 9.17) is 13.9 Å². The summed E-state index contributed by atoms with van der Waals surface area (Å²) in [6.07, 6.45) is 0. The molecule has 28 heavy (non-hydrogen) atoms. The second-order valence-corrected chi connectivity index (χ2v) is 8.55. The lowest BCUT2D eigenvalue weighted by Gasteiger charge is -2.33. The van der Waals surface area contributed by atoms with Crippen molar-refractivity contribution in [2.45, 2.75) is 13.5 Å². The minimum absolute atomic E-state index is 0.0642. The number of furan rings is 1. The number of amides is 1. The standard InChI is InChI=1S/C19H24N2O6S/c1-3-28(23,24)21-12-10-20(11-13-21)19(22)18-9-8-15(27-18)14-26-17-7-5-4-6-16(17)25-2/h4-9H,3,10-14H2,1-2H3. The first-order valence-corrected chi connectivity index (χ1v) is 10.7. The number of piperazine rings is 1. The number of methoxy groups -OCH3 is 1. The van der Waals surface area contributed by atoms with E-state index in [0.29, 0.717) is 43.4 Å². The highest BCUT2D eigenvalue weighted by Crippen LogP contribution is 2.27. The molecule has 1 aliphatic heterocycles. The second kappa shape index (κ2) is 8.66. The Hall–Kier alpha value is -2.52. The van der Waals surface area contributed by atoms with Gasteiger partial charge in [-0.1, -0.05) is 12.1 Å². The number of benzene rings is 1. The highest BCUT2D eigenvalue weighted by molar-refractivity contribution is 7.89. The van der Waals surface area contributed by atoms with E-state index in [0.717, 1.165) is 0 Å². The molecule has 1 saturated heterocycles. The van der Waals surface area contributed by atoms with E-state index >= 15 is 0 Å². The topological polar surface area (TPSA) is 89.3 Å². The molecule has 1 aliphatic rings. The Morgan fingerprint density at radius 3 is 2.39 bits per heavy atom. The maximum Gasteiger partial charge on any atom is 0.289 e. The first-order valence-electron chi connectivity index (χ1n) is 9.06. The van der Waals surface area contributed by atoms with Gasteiger partial charge in [0, 0.05) is 26.2 Å². The quantitative estimate of drug-likeness (QED) is 0.696. The highest BCUT2D eigenvalue weighted by Gasteiger charge is 2.29. The van der Waals surface area contributed by atoms with Crippen molar-refractivity contribution in [3.8, 4) is 11.5 Å². The van der Waals surface area contributed by atoms with Crippen LogP contribution in [-0.4, -0.2) is 62.6 Å². The lowest BCUT2D eigenvalue weighted by Crippen LogP contribution is -2.50. The monoisotopic (exact) mass is 408 g/mol. The zero-order valence-electron chi connectivity index (χ0n) is 16.0. The maximum atomic E-state index is 12.6. The third-order valence-corrected chi connectivity index (χ3v) is 6.48. The minimum atomic E-state index is -3.23. The fraction of sp³-hybridized carbons (Fsp3) is 0.421. The van der Waals surface area contributed by atoms with Crippen LogP contribution in [0, 0.1) is 0 Å². The lowest BCUT2D eigenvalue weighted by atomic mass is 10.3. The van der Waals surface area contributed by atoms with Gasteiger partial charge in [-0.05, 0) is 31.2 Å². The fourth-order valence-electron chi connectivity index (χ4n) is 2.97. The minimum Gasteiger partial charge on any atom is -0.493 e. The Labute approximate surface area is 164 Å². The molecule has 2 aromatic rings. The van der Waals surface area contributed by atoms with Gasteiger partial charge in [-0.2, -0.15) is 4.31 Å². The van der Waals surface area contributed by atoms with Crippen LogP contribution in [0.15, 0.2) is 40.8 Å². The predicted molar refractivity (Wildman–Crippen MR) is 103 cm³/mol. The van der Waals surface area contributed by atoms with Crippen LogP contribution >= 0.6 is 0 Å². The summed E-state index contributed by atoms with van der Waals surface area (Å²) in [5.41, 5.74) is 0. The molecule has 0 N–H and O–H groups in total. The summed E-state index contributed by atoms with van der Waals surface area (Å²) in [5.74, 6) is 1.74.